The van der Waals surface area contributed by atoms with Gasteiger partial charge >= 0.3 is 0 Å². The molecule has 5 heteroatoms. The quantitative estimate of drug-likeness (QED) is 0.182. The summed E-state index contributed by atoms with van der Waals surface area (Å²) in [5.41, 5.74) is 11.1. The van der Waals surface area contributed by atoms with Gasteiger partial charge in [-0.25, -0.2) is 15.0 Å². The average molecular weight is 705 g/mol. The van der Waals surface area contributed by atoms with Gasteiger partial charge in [0, 0.05) is 45.6 Å². The van der Waals surface area contributed by atoms with Crippen molar-refractivity contribution >= 4 is 22.9 Å². The molecule has 0 saturated carbocycles. The minimum atomic E-state index is 0.584. The van der Waals surface area contributed by atoms with Crippen LogP contribution < -0.4 is 4.74 Å². The topological polar surface area (TPSA) is 60.8 Å². The molecule has 1 aliphatic rings. The van der Waals surface area contributed by atoms with E-state index in [1.807, 2.05) is 48.7 Å². The van der Waals surface area contributed by atoms with E-state index in [4.69, 9.17) is 19.7 Å². The van der Waals surface area contributed by atoms with Crippen molar-refractivity contribution in [2.75, 3.05) is 0 Å². The van der Waals surface area contributed by atoms with Gasteiger partial charge in [-0.3, -0.25) is 4.98 Å². The van der Waals surface area contributed by atoms with Crippen molar-refractivity contribution in [2.24, 2.45) is 0 Å². The summed E-state index contributed by atoms with van der Waals surface area (Å²) in [7, 11) is 0. The van der Waals surface area contributed by atoms with Crippen LogP contribution in [0, 0.1) is 0 Å². The van der Waals surface area contributed by atoms with Gasteiger partial charge in [-0.05, 0) is 63.0 Å². The number of hydrogen-bond donors (Lipinski definition) is 0. The van der Waals surface area contributed by atoms with Crippen molar-refractivity contribution in [2.45, 2.75) is 0 Å². The monoisotopic (exact) mass is 704 g/mol. The summed E-state index contributed by atoms with van der Waals surface area (Å²) >= 11 is 0. The largest absolute Gasteiger partial charge is 0.455 e. The second-order valence-corrected chi connectivity index (χ2v) is 13.5. The van der Waals surface area contributed by atoms with Crippen LogP contribution >= 0.6 is 0 Å². The van der Waals surface area contributed by atoms with Crippen LogP contribution in [0.4, 0.5) is 0 Å². The van der Waals surface area contributed by atoms with Crippen molar-refractivity contribution in [3.8, 4) is 79.0 Å². The van der Waals surface area contributed by atoms with E-state index in [0.717, 1.165) is 83.5 Å². The highest BCUT2D eigenvalue weighted by Gasteiger charge is 2.20. The number of benzene rings is 7. The van der Waals surface area contributed by atoms with Gasteiger partial charge in [0.1, 0.15) is 11.5 Å². The summed E-state index contributed by atoms with van der Waals surface area (Å²) < 4.78 is 7.07. The number of para-hydroxylation sites is 1. The van der Waals surface area contributed by atoms with Gasteiger partial charge < -0.3 is 4.74 Å². The fourth-order valence-corrected chi connectivity index (χ4v) is 7.29. The molecule has 0 unspecified atom stereocenters. The Balaban J connectivity index is 1.18. The molecule has 0 aliphatic carbocycles. The molecule has 3 heterocycles. The first-order chi connectivity index (χ1) is 27.2. The molecular formula is C50H32N4O. The Labute approximate surface area is 319 Å². The number of aromatic nitrogens is 4. The van der Waals surface area contributed by atoms with Crippen LogP contribution in [0.15, 0.2) is 182 Å². The highest BCUT2D eigenvalue weighted by molar-refractivity contribution is 5.99. The third-order valence-electron chi connectivity index (χ3n) is 10.1. The van der Waals surface area contributed by atoms with Gasteiger partial charge in [-0.15, -0.1) is 0 Å². The Hall–Kier alpha value is -7.50. The molecule has 258 valence electrons. The van der Waals surface area contributed by atoms with Crippen LogP contribution in [-0.2, 0) is 0 Å². The van der Waals surface area contributed by atoms with Gasteiger partial charge in [-0.1, -0.05) is 158 Å². The highest BCUT2D eigenvalue weighted by atomic mass is 16.5. The fourth-order valence-electron chi connectivity index (χ4n) is 7.29. The standard InChI is InChI=1S/C50H32N4O/c1-2-13-37(14-3-1)48-52-49(38-25-20-33(21-26-38)40-15-10-30-51-32-40)54-50(53-48)39-27-24-36-23-22-34-11-4-6-16-41(34)43-18-8-9-19-46(43)55-47-42-17-7-5-12-35(42)28-29-44(47)45(36)31-39/h1-32H. The van der Waals surface area contributed by atoms with Gasteiger partial charge in [0.2, 0.25) is 0 Å². The lowest BCUT2D eigenvalue weighted by molar-refractivity contribution is 0.492. The number of pyridine rings is 1. The molecule has 0 saturated heterocycles. The SMILES string of the molecule is C1=Cc2ccc(-c3nc(-c4ccccc4)nc(-c4ccc(-c5cccnc5)cc4)n3)cc2-c2ccc3ccccc3c2Oc2ccccc2-c2ccccc21. The minimum Gasteiger partial charge on any atom is -0.455 e. The third-order valence-corrected chi connectivity index (χ3v) is 10.1. The molecule has 0 N–H and O–H groups in total. The van der Waals surface area contributed by atoms with E-state index in [2.05, 4.69) is 145 Å². The maximum absolute atomic E-state index is 7.07. The second kappa shape index (κ2) is 13.8. The van der Waals surface area contributed by atoms with Crippen LogP contribution in [0.25, 0.3) is 90.5 Å². The van der Waals surface area contributed by atoms with E-state index in [0.29, 0.717) is 17.5 Å². The molecule has 2 aromatic heterocycles. The van der Waals surface area contributed by atoms with Gasteiger partial charge in [0.15, 0.2) is 17.5 Å². The number of rotatable bonds is 4. The van der Waals surface area contributed by atoms with E-state index < -0.39 is 0 Å². The van der Waals surface area contributed by atoms with Crippen molar-refractivity contribution in [3.05, 3.63) is 193 Å². The predicted octanol–water partition coefficient (Wildman–Crippen LogP) is 12.7. The van der Waals surface area contributed by atoms with Crippen LogP contribution in [0.3, 0.4) is 0 Å². The normalized spacial score (nSPS) is 11.7. The molecule has 55 heavy (non-hydrogen) atoms. The van der Waals surface area contributed by atoms with E-state index in [1.54, 1.807) is 6.20 Å². The molecule has 7 aromatic carbocycles. The molecule has 0 bridgehead atoms. The molecule has 0 atom stereocenters. The number of nitrogens with zero attached hydrogens (tertiary/aromatic N) is 4. The fraction of sp³-hybridized carbons (Fsp3) is 0. The lowest BCUT2D eigenvalue weighted by atomic mass is 9.93. The maximum Gasteiger partial charge on any atom is 0.164 e. The second-order valence-electron chi connectivity index (χ2n) is 13.5. The molecule has 9 aromatic rings. The molecule has 1 aliphatic heterocycles. The minimum absolute atomic E-state index is 0.584. The number of ether oxygens (including phenoxy) is 1. The first-order valence-corrected chi connectivity index (χ1v) is 18.3. The predicted molar refractivity (Wildman–Crippen MR) is 223 cm³/mol. The van der Waals surface area contributed by atoms with E-state index in [-0.39, 0.29) is 0 Å². The summed E-state index contributed by atoms with van der Waals surface area (Å²) in [6, 6.07) is 58.3. The number of fused-ring (bicyclic) bond motifs is 8. The first kappa shape index (κ1) is 32.2. The Morgan fingerprint density at radius 1 is 0.382 bits per heavy atom. The van der Waals surface area contributed by atoms with Crippen molar-refractivity contribution in [1.82, 2.24) is 19.9 Å². The maximum atomic E-state index is 7.07. The van der Waals surface area contributed by atoms with Crippen LogP contribution in [-0.4, -0.2) is 19.9 Å². The van der Waals surface area contributed by atoms with E-state index in [9.17, 15) is 0 Å². The average Bonchev–Trinajstić information content (AvgIpc) is 3.28. The molecular weight excluding hydrogens is 673 g/mol. The van der Waals surface area contributed by atoms with Crippen molar-refractivity contribution in [1.29, 1.82) is 0 Å². The van der Waals surface area contributed by atoms with Crippen LogP contribution in [0.2, 0.25) is 0 Å². The summed E-state index contributed by atoms with van der Waals surface area (Å²) in [6.45, 7) is 0. The van der Waals surface area contributed by atoms with Crippen LogP contribution in [0.5, 0.6) is 11.5 Å². The Bertz CT molecular complexity index is 2890. The Morgan fingerprint density at radius 2 is 1.00 bits per heavy atom. The smallest absolute Gasteiger partial charge is 0.164 e. The third kappa shape index (κ3) is 6.14. The molecule has 5 nitrogen and oxygen atoms in total. The Morgan fingerprint density at radius 3 is 1.80 bits per heavy atom. The first-order valence-electron chi connectivity index (χ1n) is 18.3. The lowest BCUT2D eigenvalue weighted by Crippen LogP contribution is -2.01. The zero-order valence-electron chi connectivity index (χ0n) is 29.7. The summed E-state index contributed by atoms with van der Waals surface area (Å²) in [5, 5.41) is 2.14. The molecule has 0 radical (unpaired) electrons. The van der Waals surface area contributed by atoms with Gasteiger partial charge in [-0.2, -0.15) is 0 Å². The molecule has 0 amide bonds. The van der Waals surface area contributed by atoms with E-state index >= 15 is 0 Å². The zero-order chi connectivity index (χ0) is 36.6. The summed E-state index contributed by atoms with van der Waals surface area (Å²) in [6.07, 6.45) is 8.04. The summed E-state index contributed by atoms with van der Waals surface area (Å²) in [4.78, 5) is 19.5. The highest BCUT2D eigenvalue weighted by Crippen LogP contribution is 2.45. The van der Waals surface area contributed by atoms with Gasteiger partial charge in [0.05, 0.1) is 0 Å². The van der Waals surface area contributed by atoms with Gasteiger partial charge in [0.25, 0.3) is 0 Å². The van der Waals surface area contributed by atoms with E-state index in [1.165, 1.54) is 0 Å². The molecule has 10 rings (SSSR count). The number of hydrogen-bond acceptors (Lipinski definition) is 5. The van der Waals surface area contributed by atoms with Crippen molar-refractivity contribution < 1.29 is 4.74 Å². The van der Waals surface area contributed by atoms with Crippen LogP contribution in [0.1, 0.15) is 11.1 Å². The Kier molecular flexibility index (Phi) is 8.08. The molecule has 0 fully saturated rings. The lowest BCUT2D eigenvalue weighted by Gasteiger charge is -2.18. The van der Waals surface area contributed by atoms with Crippen molar-refractivity contribution in [3.63, 3.8) is 0 Å². The zero-order valence-corrected chi connectivity index (χ0v) is 29.7. The molecule has 0 spiro atoms. The summed E-state index contributed by atoms with van der Waals surface area (Å²) in [5.74, 6) is 3.38.